The van der Waals surface area contributed by atoms with Crippen molar-refractivity contribution in [1.82, 2.24) is 15.3 Å². The van der Waals surface area contributed by atoms with Gasteiger partial charge in [0, 0.05) is 34.1 Å². The van der Waals surface area contributed by atoms with E-state index in [1.54, 1.807) is 30.3 Å². The number of nitrogens with one attached hydrogen (secondary N) is 3. The molecule has 3 N–H and O–H groups in total. The summed E-state index contributed by atoms with van der Waals surface area (Å²) < 4.78 is 0. The molecular formula is C23H18Cl3N5O. The van der Waals surface area contributed by atoms with Gasteiger partial charge in [-0.3, -0.25) is 0 Å². The summed E-state index contributed by atoms with van der Waals surface area (Å²) in [6.07, 6.45) is 0. The van der Waals surface area contributed by atoms with Crippen LogP contribution in [0.5, 0.6) is 0 Å². The van der Waals surface area contributed by atoms with Gasteiger partial charge in [-0.05, 0) is 54.6 Å². The zero-order valence-electron chi connectivity index (χ0n) is 16.7. The summed E-state index contributed by atoms with van der Waals surface area (Å²) in [5.41, 5.74) is 2.16. The molecule has 0 aliphatic carbocycles. The standard InChI is InChI=1S/C23H18Cl3N5O/c24-15-7-5-14(6-8-15)21-29-19-4-2-1-3-17(19)22(31-21)27-11-12-28-23(32)30-20-10-9-16(25)13-18(20)26/h1-10,13H,11-12H2,(H,27,29,31)(H2,28,30,32). The summed E-state index contributed by atoms with van der Waals surface area (Å²) in [4.78, 5) is 21.5. The number of halogens is 3. The van der Waals surface area contributed by atoms with Crippen molar-refractivity contribution in [3.63, 3.8) is 0 Å². The van der Waals surface area contributed by atoms with Crippen LogP contribution in [0.25, 0.3) is 22.3 Å². The number of rotatable bonds is 6. The number of anilines is 2. The fourth-order valence-corrected chi connectivity index (χ4v) is 3.64. The number of carbonyl (C=O) groups excluding carboxylic acids is 1. The minimum Gasteiger partial charge on any atom is -0.368 e. The molecule has 9 heteroatoms. The monoisotopic (exact) mass is 485 g/mol. The highest BCUT2D eigenvalue weighted by molar-refractivity contribution is 6.36. The van der Waals surface area contributed by atoms with E-state index in [1.807, 2.05) is 36.4 Å². The normalized spacial score (nSPS) is 10.7. The summed E-state index contributed by atoms with van der Waals surface area (Å²) in [7, 11) is 0. The van der Waals surface area contributed by atoms with E-state index in [0.717, 1.165) is 16.5 Å². The zero-order chi connectivity index (χ0) is 22.5. The smallest absolute Gasteiger partial charge is 0.319 e. The summed E-state index contributed by atoms with van der Waals surface area (Å²) in [5.74, 6) is 1.27. The molecule has 6 nitrogen and oxygen atoms in total. The van der Waals surface area contributed by atoms with Gasteiger partial charge in [0.1, 0.15) is 5.82 Å². The molecule has 0 fully saturated rings. The van der Waals surface area contributed by atoms with E-state index in [2.05, 4.69) is 25.9 Å². The average molecular weight is 487 g/mol. The Hall–Kier alpha value is -3.06. The van der Waals surface area contributed by atoms with Gasteiger partial charge in [0.15, 0.2) is 5.82 Å². The number of urea groups is 1. The molecule has 0 saturated carbocycles. The lowest BCUT2D eigenvalue weighted by Gasteiger charge is -2.12. The van der Waals surface area contributed by atoms with Gasteiger partial charge in [0.05, 0.1) is 16.2 Å². The molecule has 4 rings (SSSR count). The first-order chi connectivity index (χ1) is 15.5. The van der Waals surface area contributed by atoms with Gasteiger partial charge < -0.3 is 16.0 Å². The number of para-hydroxylation sites is 1. The van der Waals surface area contributed by atoms with Crippen LogP contribution < -0.4 is 16.0 Å². The van der Waals surface area contributed by atoms with Crippen molar-refractivity contribution in [1.29, 1.82) is 0 Å². The molecule has 1 heterocycles. The quantitative estimate of drug-likeness (QED) is 0.272. The van der Waals surface area contributed by atoms with Crippen LogP contribution in [-0.2, 0) is 0 Å². The van der Waals surface area contributed by atoms with Gasteiger partial charge >= 0.3 is 6.03 Å². The number of hydrogen-bond acceptors (Lipinski definition) is 4. The van der Waals surface area contributed by atoms with Crippen LogP contribution in [-0.4, -0.2) is 29.1 Å². The van der Waals surface area contributed by atoms with Gasteiger partial charge in [-0.15, -0.1) is 0 Å². The summed E-state index contributed by atoms with van der Waals surface area (Å²) in [5, 5.41) is 11.2. The maximum absolute atomic E-state index is 12.2. The Labute approximate surface area is 199 Å². The SMILES string of the molecule is O=C(NCCNc1nc(-c2ccc(Cl)cc2)nc2ccccc12)Nc1ccc(Cl)cc1Cl. The third-order valence-electron chi connectivity index (χ3n) is 4.59. The zero-order valence-corrected chi connectivity index (χ0v) is 19.0. The lowest BCUT2D eigenvalue weighted by atomic mass is 10.2. The molecule has 0 unspecified atom stereocenters. The van der Waals surface area contributed by atoms with E-state index in [0.29, 0.717) is 45.5 Å². The largest absolute Gasteiger partial charge is 0.368 e. The highest BCUT2D eigenvalue weighted by Gasteiger charge is 2.10. The van der Waals surface area contributed by atoms with E-state index in [4.69, 9.17) is 34.8 Å². The second-order valence-corrected chi connectivity index (χ2v) is 8.13. The number of amides is 2. The topological polar surface area (TPSA) is 78.9 Å². The molecule has 0 spiro atoms. The van der Waals surface area contributed by atoms with Crippen LogP contribution in [0.3, 0.4) is 0 Å². The molecular weight excluding hydrogens is 469 g/mol. The second-order valence-electron chi connectivity index (χ2n) is 6.85. The summed E-state index contributed by atoms with van der Waals surface area (Å²) >= 11 is 18.0. The summed E-state index contributed by atoms with van der Waals surface area (Å²) in [6.45, 7) is 0.828. The van der Waals surface area contributed by atoms with Crippen LogP contribution in [0.1, 0.15) is 0 Å². The van der Waals surface area contributed by atoms with E-state index in [-0.39, 0.29) is 6.03 Å². The third kappa shape index (κ3) is 5.40. The predicted molar refractivity (Wildman–Crippen MR) is 132 cm³/mol. The van der Waals surface area contributed by atoms with Gasteiger partial charge in [-0.25, -0.2) is 14.8 Å². The van der Waals surface area contributed by atoms with Gasteiger partial charge in [-0.1, -0.05) is 46.9 Å². The maximum Gasteiger partial charge on any atom is 0.319 e. The Morgan fingerprint density at radius 3 is 2.38 bits per heavy atom. The van der Waals surface area contributed by atoms with Gasteiger partial charge in [-0.2, -0.15) is 0 Å². The Morgan fingerprint density at radius 1 is 0.844 bits per heavy atom. The van der Waals surface area contributed by atoms with E-state index in [1.165, 1.54) is 0 Å². The first kappa shape index (κ1) is 22.1. The Bertz CT molecular complexity index is 1260. The van der Waals surface area contributed by atoms with Gasteiger partial charge in [0.2, 0.25) is 0 Å². The van der Waals surface area contributed by atoms with Crippen LogP contribution in [0.2, 0.25) is 15.1 Å². The number of benzene rings is 3. The maximum atomic E-state index is 12.2. The van der Waals surface area contributed by atoms with Crippen molar-refractivity contribution in [3.8, 4) is 11.4 Å². The van der Waals surface area contributed by atoms with E-state index < -0.39 is 0 Å². The molecule has 4 aromatic rings. The molecule has 0 radical (unpaired) electrons. The number of nitrogens with zero attached hydrogens (tertiary/aromatic N) is 2. The molecule has 0 aliphatic heterocycles. The van der Waals surface area contributed by atoms with Crippen molar-refractivity contribution in [2.45, 2.75) is 0 Å². The molecule has 1 aromatic heterocycles. The van der Waals surface area contributed by atoms with E-state index in [9.17, 15) is 4.79 Å². The molecule has 0 atom stereocenters. The minimum absolute atomic E-state index is 0.367. The first-order valence-corrected chi connectivity index (χ1v) is 10.9. The molecule has 2 amide bonds. The molecule has 0 aliphatic rings. The first-order valence-electron chi connectivity index (χ1n) is 9.76. The van der Waals surface area contributed by atoms with Crippen LogP contribution in [0.4, 0.5) is 16.3 Å². The fraction of sp³-hybridized carbons (Fsp3) is 0.0870. The minimum atomic E-state index is -0.370. The van der Waals surface area contributed by atoms with Crippen molar-refractivity contribution >= 4 is 63.2 Å². The van der Waals surface area contributed by atoms with Crippen molar-refractivity contribution in [2.24, 2.45) is 0 Å². The van der Waals surface area contributed by atoms with Crippen molar-refractivity contribution in [3.05, 3.63) is 81.8 Å². The Morgan fingerprint density at radius 2 is 1.59 bits per heavy atom. The highest BCUT2D eigenvalue weighted by atomic mass is 35.5. The molecule has 162 valence electrons. The van der Waals surface area contributed by atoms with Crippen LogP contribution >= 0.6 is 34.8 Å². The van der Waals surface area contributed by atoms with Crippen molar-refractivity contribution < 1.29 is 4.79 Å². The van der Waals surface area contributed by atoms with E-state index >= 15 is 0 Å². The molecule has 3 aromatic carbocycles. The highest BCUT2D eigenvalue weighted by Crippen LogP contribution is 2.26. The molecule has 0 bridgehead atoms. The lowest BCUT2D eigenvalue weighted by Crippen LogP contribution is -2.32. The lowest BCUT2D eigenvalue weighted by molar-refractivity contribution is 0.252. The molecule has 32 heavy (non-hydrogen) atoms. The second kappa shape index (κ2) is 10.0. The fourth-order valence-electron chi connectivity index (χ4n) is 3.05. The number of hydrogen-bond donors (Lipinski definition) is 3. The average Bonchev–Trinajstić information content (AvgIpc) is 2.79. The Kier molecular flexibility index (Phi) is 6.95. The Balaban J connectivity index is 1.42. The van der Waals surface area contributed by atoms with Crippen LogP contribution in [0, 0.1) is 0 Å². The third-order valence-corrected chi connectivity index (χ3v) is 5.39. The van der Waals surface area contributed by atoms with Crippen LogP contribution in [0.15, 0.2) is 66.7 Å². The predicted octanol–water partition coefficient (Wildman–Crippen LogP) is 6.49. The number of carbonyl (C=O) groups is 1. The molecule has 0 saturated heterocycles. The van der Waals surface area contributed by atoms with Gasteiger partial charge in [0.25, 0.3) is 0 Å². The van der Waals surface area contributed by atoms with Crippen molar-refractivity contribution in [2.75, 3.05) is 23.7 Å². The summed E-state index contributed by atoms with van der Waals surface area (Å²) in [6, 6.07) is 19.6. The number of aromatic nitrogens is 2. The number of fused-ring (bicyclic) bond motifs is 1.